The van der Waals surface area contributed by atoms with E-state index in [1.165, 1.54) is 12.7 Å². The number of nitrogens with zero attached hydrogens (tertiary/aromatic N) is 1. The van der Waals surface area contributed by atoms with Gasteiger partial charge in [0.05, 0.1) is 16.8 Å². The predicted octanol–water partition coefficient (Wildman–Crippen LogP) is 2.75. The molecule has 1 fully saturated rings. The van der Waals surface area contributed by atoms with Crippen LogP contribution in [0.2, 0.25) is 0 Å². The van der Waals surface area contributed by atoms with Gasteiger partial charge in [-0.3, -0.25) is 9.69 Å². The average molecular weight is 318 g/mol. The van der Waals surface area contributed by atoms with Crippen molar-refractivity contribution in [1.29, 1.82) is 0 Å². The van der Waals surface area contributed by atoms with Gasteiger partial charge in [-0.05, 0) is 38.9 Å². The first-order chi connectivity index (χ1) is 8.10. The van der Waals surface area contributed by atoms with Crippen molar-refractivity contribution < 1.29 is 9.53 Å². The topological polar surface area (TPSA) is 29.5 Å². The molecule has 0 amide bonds. The highest BCUT2D eigenvalue weighted by Gasteiger charge is 2.35. The molecule has 2 heterocycles. The molecule has 0 radical (unpaired) electrons. The molecule has 0 aliphatic carbocycles. The number of carbonyl (C=O) groups is 1. The summed E-state index contributed by atoms with van der Waals surface area (Å²) in [7, 11) is 1.47. The van der Waals surface area contributed by atoms with E-state index in [2.05, 4.69) is 39.2 Å². The molecular weight excluding hydrogens is 302 g/mol. The van der Waals surface area contributed by atoms with Crippen LogP contribution in [0.15, 0.2) is 15.2 Å². The Labute approximate surface area is 114 Å². The molecule has 1 aliphatic heterocycles. The van der Waals surface area contributed by atoms with Crippen molar-refractivity contribution in [3.63, 3.8) is 0 Å². The molecule has 0 saturated carbocycles. The van der Waals surface area contributed by atoms with Gasteiger partial charge in [-0.2, -0.15) is 0 Å². The highest BCUT2D eigenvalue weighted by atomic mass is 79.9. The first-order valence-electron chi connectivity index (χ1n) is 5.63. The second kappa shape index (κ2) is 5.50. The van der Waals surface area contributed by atoms with Gasteiger partial charge in [0.2, 0.25) is 0 Å². The third kappa shape index (κ3) is 3.09. The lowest BCUT2D eigenvalue weighted by molar-refractivity contribution is -0.146. The highest BCUT2D eigenvalue weighted by molar-refractivity contribution is 9.11. The Bertz CT molecular complexity index is 407. The van der Waals surface area contributed by atoms with Crippen LogP contribution in [0, 0.1) is 11.8 Å². The van der Waals surface area contributed by atoms with Crippen molar-refractivity contribution in [1.82, 2.24) is 4.90 Å². The number of likely N-dealkylation sites (tertiary alicyclic amines) is 1. The van der Waals surface area contributed by atoms with E-state index in [-0.39, 0.29) is 11.9 Å². The Balaban J connectivity index is 1.95. The monoisotopic (exact) mass is 317 g/mol. The summed E-state index contributed by atoms with van der Waals surface area (Å²) in [6, 6.07) is 2.14. The molecule has 2 unspecified atom stereocenters. The maximum Gasteiger partial charge on any atom is 0.310 e. The van der Waals surface area contributed by atoms with Crippen molar-refractivity contribution in [2.24, 2.45) is 11.8 Å². The molecule has 0 N–H and O–H groups in total. The van der Waals surface area contributed by atoms with E-state index in [4.69, 9.17) is 4.74 Å². The summed E-state index contributed by atoms with van der Waals surface area (Å²) in [5, 5.41) is 2.15. The van der Waals surface area contributed by atoms with Crippen LogP contribution in [-0.2, 0) is 16.1 Å². The normalized spacial score (nSPS) is 25.1. The fourth-order valence-corrected chi connectivity index (χ4v) is 3.54. The molecule has 17 heavy (non-hydrogen) atoms. The number of methoxy groups -OCH3 is 1. The van der Waals surface area contributed by atoms with Crippen molar-refractivity contribution in [3.8, 4) is 0 Å². The first kappa shape index (κ1) is 13.1. The zero-order valence-corrected chi connectivity index (χ0v) is 12.4. The van der Waals surface area contributed by atoms with E-state index in [1.807, 2.05) is 0 Å². The van der Waals surface area contributed by atoms with Gasteiger partial charge >= 0.3 is 5.97 Å². The standard InChI is InChI=1S/C12H16BrNO2S/c1-8-4-14(6-10(8)12(15)16-2)5-9-3-11(13)17-7-9/h3,7-8,10H,4-6H2,1-2H3. The Hall–Kier alpha value is -0.390. The van der Waals surface area contributed by atoms with E-state index in [9.17, 15) is 4.79 Å². The summed E-state index contributed by atoms with van der Waals surface area (Å²) < 4.78 is 5.99. The molecule has 0 bridgehead atoms. The van der Waals surface area contributed by atoms with E-state index in [0.29, 0.717) is 5.92 Å². The molecular formula is C12H16BrNO2S. The van der Waals surface area contributed by atoms with Crippen LogP contribution in [0.3, 0.4) is 0 Å². The number of carbonyl (C=O) groups excluding carboxylic acids is 1. The Morgan fingerprint density at radius 2 is 2.41 bits per heavy atom. The SMILES string of the molecule is COC(=O)C1CN(Cc2csc(Br)c2)CC1C. The average Bonchev–Trinajstić information content (AvgIpc) is 2.85. The third-order valence-corrected chi connectivity index (χ3v) is 4.77. The van der Waals surface area contributed by atoms with Crippen LogP contribution < -0.4 is 0 Å². The lowest BCUT2D eigenvalue weighted by Crippen LogP contribution is -2.24. The summed E-state index contributed by atoms with van der Waals surface area (Å²) in [5.41, 5.74) is 1.31. The molecule has 1 saturated heterocycles. The van der Waals surface area contributed by atoms with Gasteiger partial charge in [0.1, 0.15) is 0 Å². The number of esters is 1. The molecule has 1 aromatic rings. The zero-order valence-electron chi connectivity index (χ0n) is 9.98. The van der Waals surface area contributed by atoms with E-state index in [0.717, 1.165) is 23.4 Å². The zero-order chi connectivity index (χ0) is 12.4. The van der Waals surface area contributed by atoms with E-state index in [1.54, 1.807) is 11.3 Å². The molecule has 94 valence electrons. The minimum Gasteiger partial charge on any atom is -0.469 e. The van der Waals surface area contributed by atoms with Gasteiger partial charge in [0.25, 0.3) is 0 Å². The maximum absolute atomic E-state index is 11.6. The van der Waals surface area contributed by atoms with Gasteiger partial charge in [0, 0.05) is 19.6 Å². The number of hydrogen-bond acceptors (Lipinski definition) is 4. The van der Waals surface area contributed by atoms with Crippen LogP contribution in [0.5, 0.6) is 0 Å². The molecule has 2 atom stereocenters. The van der Waals surface area contributed by atoms with Gasteiger partial charge in [-0.1, -0.05) is 6.92 Å². The fraction of sp³-hybridized carbons (Fsp3) is 0.583. The van der Waals surface area contributed by atoms with Crippen molar-refractivity contribution >= 4 is 33.2 Å². The van der Waals surface area contributed by atoms with Crippen LogP contribution in [0.25, 0.3) is 0 Å². The van der Waals surface area contributed by atoms with Gasteiger partial charge < -0.3 is 4.74 Å². The summed E-state index contributed by atoms with van der Waals surface area (Å²) >= 11 is 5.16. The second-order valence-corrected chi connectivity index (χ2v) is 6.85. The number of rotatable bonds is 3. The number of hydrogen-bond donors (Lipinski definition) is 0. The molecule has 0 aromatic carbocycles. The number of halogens is 1. The van der Waals surface area contributed by atoms with E-state index >= 15 is 0 Å². The van der Waals surface area contributed by atoms with Crippen LogP contribution in [-0.4, -0.2) is 31.1 Å². The molecule has 0 spiro atoms. The summed E-state index contributed by atoms with van der Waals surface area (Å²) in [5.74, 6) is 0.332. The minimum atomic E-state index is -0.0773. The van der Waals surface area contributed by atoms with Crippen LogP contribution in [0.1, 0.15) is 12.5 Å². The van der Waals surface area contributed by atoms with E-state index < -0.39 is 0 Å². The summed E-state index contributed by atoms with van der Waals surface area (Å²) in [6.07, 6.45) is 0. The lowest BCUT2D eigenvalue weighted by atomic mass is 9.99. The van der Waals surface area contributed by atoms with Gasteiger partial charge in [-0.25, -0.2) is 0 Å². The van der Waals surface area contributed by atoms with Crippen LogP contribution >= 0.6 is 27.3 Å². The first-order valence-corrected chi connectivity index (χ1v) is 7.30. The van der Waals surface area contributed by atoms with Gasteiger partial charge in [0.15, 0.2) is 0 Å². The minimum absolute atomic E-state index is 0.0297. The van der Waals surface area contributed by atoms with Crippen molar-refractivity contribution in [3.05, 3.63) is 20.8 Å². The van der Waals surface area contributed by atoms with Gasteiger partial charge in [-0.15, -0.1) is 11.3 Å². The molecule has 2 rings (SSSR count). The smallest absolute Gasteiger partial charge is 0.310 e. The largest absolute Gasteiger partial charge is 0.469 e. The Morgan fingerprint density at radius 1 is 1.65 bits per heavy atom. The predicted molar refractivity (Wildman–Crippen MR) is 72.0 cm³/mol. The molecule has 5 heteroatoms. The second-order valence-electron chi connectivity index (χ2n) is 4.56. The fourth-order valence-electron chi connectivity index (χ4n) is 2.34. The number of thiophene rings is 1. The molecule has 1 aliphatic rings. The number of ether oxygens (including phenoxy) is 1. The Kier molecular flexibility index (Phi) is 4.22. The van der Waals surface area contributed by atoms with Crippen molar-refractivity contribution in [2.75, 3.05) is 20.2 Å². The summed E-state index contributed by atoms with van der Waals surface area (Å²) in [4.78, 5) is 13.9. The van der Waals surface area contributed by atoms with Crippen molar-refractivity contribution in [2.45, 2.75) is 13.5 Å². The van der Waals surface area contributed by atoms with Crippen LogP contribution in [0.4, 0.5) is 0 Å². The quantitative estimate of drug-likeness (QED) is 0.803. The molecule has 1 aromatic heterocycles. The highest BCUT2D eigenvalue weighted by Crippen LogP contribution is 2.27. The summed E-state index contributed by atoms with van der Waals surface area (Å²) in [6.45, 7) is 4.81. The maximum atomic E-state index is 11.6. The Morgan fingerprint density at radius 3 is 3.00 bits per heavy atom. The third-order valence-electron chi connectivity index (χ3n) is 3.22. The lowest BCUT2D eigenvalue weighted by Gasteiger charge is -2.14. The molecule has 3 nitrogen and oxygen atoms in total.